The first-order valence-corrected chi connectivity index (χ1v) is 7.08. The molecule has 1 amide bonds. The molecule has 0 fully saturated rings. The van der Waals surface area contributed by atoms with Crippen LogP contribution in [0.15, 0.2) is 24.3 Å². The number of likely N-dealkylation sites (N-methyl/N-ethyl adjacent to an activating group) is 1. The van der Waals surface area contributed by atoms with E-state index in [4.69, 9.17) is 5.73 Å². The van der Waals surface area contributed by atoms with Gasteiger partial charge in [0.25, 0.3) is 0 Å². The van der Waals surface area contributed by atoms with Gasteiger partial charge in [0.1, 0.15) is 0 Å². The Hall–Kier alpha value is -1.35. The standard InChI is InChI=1S/C16H24N2O/c1-11(2)8-15(17)16(19)18(3)14-9-12-6-4-5-7-13(12)10-14/h4-7,11,14-15H,8-10,17H2,1-3H3/t15-/m1/s1. The largest absolute Gasteiger partial charge is 0.341 e. The fourth-order valence-corrected chi connectivity index (χ4v) is 2.86. The van der Waals surface area contributed by atoms with Crippen molar-refractivity contribution in [2.24, 2.45) is 11.7 Å². The van der Waals surface area contributed by atoms with Crippen molar-refractivity contribution in [3.05, 3.63) is 35.4 Å². The second-order valence-corrected chi connectivity index (χ2v) is 6.02. The normalized spacial score (nSPS) is 16.5. The molecule has 1 aliphatic rings. The zero-order valence-corrected chi connectivity index (χ0v) is 12.1. The molecule has 2 N–H and O–H groups in total. The summed E-state index contributed by atoms with van der Waals surface area (Å²) in [7, 11) is 1.89. The Labute approximate surface area is 115 Å². The molecule has 1 atom stereocenters. The molecule has 104 valence electrons. The lowest BCUT2D eigenvalue weighted by atomic mass is 10.0. The van der Waals surface area contributed by atoms with Crippen molar-refractivity contribution in [1.82, 2.24) is 4.90 Å². The van der Waals surface area contributed by atoms with Gasteiger partial charge in [0.15, 0.2) is 0 Å². The number of rotatable bonds is 4. The zero-order valence-electron chi connectivity index (χ0n) is 12.1. The molecule has 0 bridgehead atoms. The first kappa shape index (κ1) is 14.1. The van der Waals surface area contributed by atoms with Gasteiger partial charge in [-0.15, -0.1) is 0 Å². The summed E-state index contributed by atoms with van der Waals surface area (Å²) in [5.41, 5.74) is 8.73. The smallest absolute Gasteiger partial charge is 0.239 e. The number of fused-ring (bicyclic) bond motifs is 1. The van der Waals surface area contributed by atoms with E-state index in [0.717, 1.165) is 19.3 Å². The topological polar surface area (TPSA) is 46.3 Å². The predicted molar refractivity (Wildman–Crippen MR) is 77.8 cm³/mol. The highest BCUT2D eigenvalue weighted by Crippen LogP contribution is 2.25. The van der Waals surface area contributed by atoms with Crippen LogP contribution in [0.3, 0.4) is 0 Å². The minimum absolute atomic E-state index is 0.0755. The van der Waals surface area contributed by atoms with Crippen molar-refractivity contribution < 1.29 is 4.79 Å². The van der Waals surface area contributed by atoms with E-state index >= 15 is 0 Å². The van der Waals surface area contributed by atoms with E-state index < -0.39 is 0 Å². The lowest BCUT2D eigenvalue weighted by Gasteiger charge is -2.27. The van der Waals surface area contributed by atoms with Gasteiger partial charge in [-0.05, 0) is 36.3 Å². The van der Waals surface area contributed by atoms with Gasteiger partial charge in [-0.3, -0.25) is 4.79 Å². The highest BCUT2D eigenvalue weighted by molar-refractivity contribution is 5.81. The second kappa shape index (κ2) is 5.74. The van der Waals surface area contributed by atoms with Crippen molar-refractivity contribution in [2.75, 3.05) is 7.05 Å². The van der Waals surface area contributed by atoms with E-state index in [2.05, 4.69) is 38.1 Å². The Morgan fingerprint density at radius 1 is 1.32 bits per heavy atom. The van der Waals surface area contributed by atoms with Crippen LogP contribution in [-0.2, 0) is 17.6 Å². The minimum Gasteiger partial charge on any atom is -0.341 e. The minimum atomic E-state index is -0.367. The fourth-order valence-electron chi connectivity index (χ4n) is 2.86. The van der Waals surface area contributed by atoms with Crippen LogP contribution in [0.5, 0.6) is 0 Å². The Bertz CT molecular complexity index is 431. The third-order valence-electron chi connectivity index (χ3n) is 3.97. The molecule has 0 unspecified atom stereocenters. The number of benzene rings is 1. The SMILES string of the molecule is CC(C)C[C@@H](N)C(=O)N(C)C1Cc2ccccc2C1. The van der Waals surface area contributed by atoms with Gasteiger partial charge < -0.3 is 10.6 Å². The number of hydrogen-bond donors (Lipinski definition) is 1. The van der Waals surface area contributed by atoms with Crippen LogP contribution in [0.1, 0.15) is 31.4 Å². The average Bonchev–Trinajstić information content (AvgIpc) is 2.79. The summed E-state index contributed by atoms with van der Waals surface area (Å²) in [6.45, 7) is 4.19. The third kappa shape index (κ3) is 3.16. The molecule has 3 nitrogen and oxygen atoms in total. The van der Waals surface area contributed by atoms with Crippen molar-refractivity contribution in [3.63, 3.8) is 0 Å². The van der Waals surface area contributed by atoms with Crippen molar-refractivity contribution in [1.29, 1.82) is 0 Å². The van der Waals surface area contributed by atoms with E-state index in [1.54, 1.807) is 0 Å². The van der Waals surface area contributed by atoms with Gasteiger partial charge in [0, 0.05) is 13.1 Å². The summed E-state index contributed by atoms with van der Waals surface area (Å²) in [6.07, 6.45) is 2.66. The molecule has 0 radical (unpaired) electrons. The maximum atomic E-state index is 12.3. The first-order valence-electron chi connectivity index (χ1n) is 7.08. The molecule has 0 heterocycles. The van der Waals surface area contributed by atoms with E-state index in [0.29, 0.717) is 5.92 Å². The lowest BCUT2D eigenvalue weighted by Crippen LogP contribution is -2.47. The van der Waals surface area contributed by atoms with Gasteiger partial charge in [0.05, 0.1) is 6.04 Å². The fraction of sp³-hybridized carbons (Fsp3) is 0.562. The number of hydrogen-bond acceptors (Lipinski definition) is 2. The van der Waals surface area contributed by atoms with Crippen molar-refractivity contribution in [2.45, 2.75) is 45.2 Å². The van der Waals surface area contributed by atoms with Crippen molar-refractivity contribution >= 4 is 5.91 Å². The zero-order chi connectivity index (χ0) is 14.0. The van der Waals surface area contributed by atoms with E-state index in [1.807, 2.05) is 11.9 Å². The molecule has 3 heteroatoms. The summed E-state index contributed by atoms with van der Waals surface area (Å²) >= 11 is 0. The number of amides is 1. The molecular weight excluding hydrogens is 236 g/mol. The third-order valence-corrected chi connectivity index (χ3v) is 3.97. The highest BCUT2D eigenvalue weighted by atomic mass is 16.2. The molecule has 0 saturated carbocycles. The second-order valence-electron chi connectivity index (χ2n) is 6.02. The van der Waals surface area contributed by atoms with Crippen LogP contribution >= 0.6 is 0 Å². The molecule has 19 heavy (non-hydrogen) atoms. The Kier molecular flexibility index (Phi) is 4.25. The summed E-state index contributed by atoms with van der Waals surface area (Å²) in [5, 5.41) is 0. The van der Waals surface area contributed by atoms with E-state index in [-0.39, 0.29) is 18.0 Å². The van der Waals surface area contributed by atoms with Crippen LogP contribution in [-0.4, -0.2) is 29.9 Å². The summed E-state index contributed by atoms with van der Waals surface area (Å²) in [5.74, 6) is 0.527. The molecule has 0 spiro atoms. The summed E-state index contributed by atoms with van der Waals surface area (Å²) in [4.78, 5) is 14.2. The molecule has 1 aromatic rings. The van der Waals surface area contributed by atoms with Crippen LogP contribution in [0.4, 0.5) is 0 Å². The van der Waals surface area contributed by atoms with Crippen LogP contribution in [0, 0.1) is 5.92 Å². The first-order chi connectivity index (χ1) is 8.99. The number of carbonyl (C=O) groups is 1. The van der Waals surface area contributed by atoms with Crippen molar-refractivity contribution in [3.8, 4) is 0 Å². The van der Waals surface area contributed by atoms with Crippen LogP contribution in [0.25, 0.3) is 0 Å². The average molecular weight is 260 g/mol. The molecule has 1 aliphatic carbocycles. The highest BCUT2D eigenvalue weighted by Gasteiger charge is 2.29. The number of nitrogens with zero attached hydrogens (tertiary/aromatic N) is 1. The quantitative estimate of drug-likeness (QED) is 0.900. The molecule has 0 saturated heterocycles. The monoisotopic (exact) mass is 260 g/mol. The molecule has 0 aromatic heterocycles. The number of carbonyl (C=O) groups excluding carboxylic acids is 1. The lowest BCUT2D eigenvalue weighted by molar-refractivity contribution is -0.133. The maximum absolute atomic E-state index is 12.3. The predicted octanol–water partition coefficient (Wildman–Crippen LogP) is 1.99. The van der Waals surface area contributed by atoms with Gasteiger partial charge in [-0.25, -0.2) is 0 Å². The van der Waals surface area contributed by atoms with Gasteiger partial charge in [-0.1, -0.05) is 38.1 Å². The van der Waals surface area contributed by atoms with E-state index in [1.165, 1.54) is 11.1 Å². The van der Waals surface area contributed by atoms with Gasteiger partial charge in [0.2, 0.25) is 5.91 Å². The van der Waals surface area contributed by atoms with E-state index in [9.17, 15) is 4.79 Å². The summed E-state index contributed by atoms with van der Waals surface area (Å²) < 4.78 is 0. The number of nitrogens with two attached hydrogens (primary N) is 1. The Balaban J connectivity index is 1.99. The molecule has 1 aromatic carbocycles. The Morgan fingerprint density at radius 2 is 1.84 bits per heavy atom. The van der Waals surface area contributed by atoms with Crippen LogP contribution < -0.4 is 5.73 Å². The Morgan fingerprint density at radius 3 is 2.32 bits per heavy atom. The van der Waals surface area contributed by atoms with Crippen LogP contribution in [0.2, 0.25) is 0 Å². The molecular formula is C16H24N2O. The van der Waals surface area contributed by atoms with Gasteiger partial charge >= 0.3 is 0 Å². The molecule has 2 rings (SSSR count). The van der Waals surface area contributed by atoms with Gasteiger partial charge in [-0.2, -0.15) is 0 Å². The maximum Gasteiger partial charge on any atom is 0.239 e. The summed E-state index contributed by atoms with van der Waals surface area (Å²) in [6, 6.07) is 8.33. The molecule has 0 aliphatic heterocycles.